The molecule has 1 fully saturated rings. The number of ether oxygens (including phenoxy) is 2. The second-order valence-electron chi connectivity index (χ2n) is 6.11. The number of hydrogen-bond donors (Lipinski definition) is 0. The maximum Gasteiger partial charge on any atom is 0.338 e. The van der Waals surface area contributed by atoms with Gasteiger partial charge in [-0.05, 0) is 25.0 Å². The molecule has 1 unspecified atom stereocenters. The molecular weight excluding hydrogens is 266 g/mol. The molecule has 0 radical (unpaired) electrons. The van der Waals surface area contributed by atoms with Gasteiger partial charge in [0.15, 0.2) is 0 Å². The molecule has 0 aliphatic carbocycles. The zero-order chi connectivity index (χ0) is 15.2. The van der Waals surface area contributed by atoms with E-state index in [0.29, 0.717) is 24.7 Å². The Balaban J connectivity index is 1.79. The van der Waals surface area contributed by atoms with Gasteiger partial charge in [-0.25, -0.2) is 4.79 Å². The molecule has 0 saturated carbocycles. The minimum atomic E-state index is -0.278. The van der Waals surface area contributed by atoms with E-state index in [-0.39, 0.29) is 12.1 Å². The van der Waals surface area contributed by atoms with Crippen molar-refractivity contribution in [3.8, 4) is 0 Å². The molecule has 0 bridgehead atoms. The summed E-state index contributed by atoms with van der Waals surface area (Å²) >= 11 is 0. The Morgan fingerprint density at radius 3 is 2.76 bits per heavy atom. The van der Waals surface area contributed by atoms with Crippen molar-refractivity contribution in [1.29, 1.82) is 0 Å². The van der Waals surface area contributed by atoms with E-state index in [1.807, 2.05) is 19.1 Å². The average Bonchev–Trinajstić information content (AvgIpc) is 2.45. The van der Waals surface area contributed by atoms with Gasteiger partial charge in [0.05, 0.1) is 12.2 Å². The second kappa shape index (κ2) is 7.57. The van der Waals surface area contributed by atoms with Crippen LogP contribution in [-0.2, 0) is 9.47 Å². The van der Waals surface area contributed by atoms with E-state index in [1.165, 1.54) is 0 Å². The minimum absolute atomic E-state index is 0.0214. The van der Waals surface area contributed by atoms with Gasteiger partial charge in [-0.3, -0.25) is 4.90 Å². The molecule has 4 nitrogen and oxygen atoms in total. The second-order valence-corrected chi connectivity index (χ2v) is 6.11. The number of carbonyl (C=O) groups is 1. The summed E-state index contributed by atoms with van der Waals surface area (Å²) < 4.78 is 11.0. The molecule has 0 aromatic heterocycles. The van der Waals surface area contributed by atoms with Crippen LogP contribution in [0.1, 0.15) is 29.8 Å². The molecule has 1 aliphatic heterocycles. The molecule has 1 heterocycles. The molecule has 116 valence electrons. The van der Waals surface area contributed by atoms with Crippen molar-refractivity contribution in [2.24, 2.45) is 5.92 Å². The molecule has 4 heteroatoms. The van der Waals surface area contributed by atoms with Crippen molar-refractivity contribution in [1.82, 2.24) is 4.90 Å². The van der Waals surface area contributed by atoms with Gasteiger partial charge in [0.2, 0.25) is 0 Å². The zero-order valence-corrected chi connectivity index (χ0v) is 13.2. The van der Waals surface area contributed by atoms with Crippen LogP contribution in [0.5, 0.6) is 0 Å². The lowest BCUT2D eigenvalue weighted by molar-refractivity contribution is -0.0612. The molecule has 1 aromatic rings. The first kappa shape index (κ1) is 16.0. The van der Waals surface area contributed by atoms with E-state index >= 15 is 0 Å². The number of aryl methyl sites for hydroxylation is 1. The highest BCUT2D eigenvalue weighted by molar-refractivity contribution is 5.89. The summed E-state index contributed by atoms with van der Waals surface area (Å²) in [5.74, 6) is 0.360. The lowest BCUT2D eigenvalue weighted by atomic mass is 10.1. The summed E-state index contributed by atoms with van der Waals surface area (Å²) in [5.41, 5.74) is 1.72. The fourth-order valence-corrected chi connectivity index (χ4v) is 2.51. The first-order chi connectivity index (χ1) is 10.0. The van der Waals surface area contributed by atoms with Crippen LogP contribution in [0.3, 0.4) is 0 Å². The highest BCUT2D eigenvalue weighted by Gasteiger charge is 2.22. The van der Waals surface area contributed by atoms with E-state index in [9.17, 15) is 4.79 Å². The van der Waals surface area contributed by atoms with E-state index < -0.39 is 0 Å². The van der Waals surface area contributed by atoms with E-state index in [4.69, 9.17) is 9.47 Å². The van der Waals surface area contributed by atoms with Gasteiger partial charge in [-0.2, -0.15) is 0 Å². The van der Waals surface area contributed by atoms with Gasteiger partial charge in [-0.15, -0.1) is 0 Å². The fraction of sp³-hybridized carbons (Fsp3) is 0.588. The van der Waals surface area contributed by atoms with Crippen molar-refractivity contribution in [2.75, 3.05) is 32.8 Å². The number of nitrogens with zero attached hydrogens (tertiary/aromatic N) is 1. The van der Waals surface area contributed by atoms with Crippen LogP contribution in [0.25, 0.3) is 0 Å². The Kier molecular flexibility index (Phi) is 5.76. The minimum Gasteiger partial charge on any atom is -0.459 e. The first-order valence-corrected chi connectivity index (χ1v) is 7.62. The Morgan fingerprint density at radius 2 is 2.10 bits per heavy atom. The van der Waals surface area contributed by atoms with Crippen LogP contribution in [0.15, 0.2) is 24.3 Å². The van der Waals surface area contributed by atoms with Crippen molar-refractivity contribution in [2.45, 2.75) is 26.9 Å². The first-order valence-electron chi connectivity index (χ1n) is 7.62. The van der Waals surface area contributed by atoms with Crippen LogP contribution in [0.2, 0.25) is 0 Å². The Bertz CT molecular complexity index is 456. The number of hydrogen-bond acceptors (Lipinski definition) is 4. The SMILES string of the molecule is Cc1ccc(C(=O)OCC2CN(CC(C)C)CCO2)cc1. The third kappa shape index (κ3) is 5.14. The molecule has 2 rings (SSSR count). The number of morpholine rings is 1. The number of esters is 1. The smallest absolute Gasteiger partial charge is 0.338 e. The quantitative estimate of drug-likeness (QED) is 0.781. The lowest BCUT2D eigenvalue weighted by Gasteiger charge is -2.33. The predicted octanol–water partition coefficient (Wildman–Crippen LogP) is 2.51. The largest absolute Gasteiger partial charge is 0.459 e. The summed E-state index contributed by atoms with van der Waals surface area (Å²) in [4.78, 5) is 14.3. The molecule has 0 N–H and O–H groups in total. The maximum atomic E-state index is 12.0. The third-order valence-corrected chi connectivity index (χ3v) is 3.53. The van der Waals surface area contributed by atoms with Crippen LogP contribution < -0.4 is 0 Å². The van der Waals surface area contributed by atoms with Crippen LogP contribution in [0.4, 0.5) is 0 Å². The standard InChI is InChI=1S/C17H25NO3/c1-13(2)10-18-8-9-20-16(11-18)12-21-17(19)15-6-4-14(3)5-7-15/h4-7,13,16H,8-12H2,1-3H3. The molecule has 1 aliphatic rings. The molecule has 1 saturated heterocycles. The van der Waals surface area contributed by atoms with Crippen molar-refractivity contribution in [3.05, 3.63) is 35.4 Å². The van der Waals surface area contributed by atoms with Crippen LogP contribution in [0, 0.1) is 12.8 Å². The average molecular weight is 291 g/mol. The monoisotopic (exact) mass is 291 g/mol. The Hall–Kier alpha value is -1.39. The molecule has 0 amide bonds. The Morgan fingerprint density at radius 1 is 1.38 bits per heavy atom. The summed E-state index contributed by atoms with van der Waals surface area (Å²) in [6.07, 6.45) is -0.0214. The van der Waals surface area contributed by atoms with Gasteiger partial charge in [0.25, 0.3) is 0 Å². The van der Waals surface area contributed by atoms with Gasteiger partial charge in [-0.1, -0.05) is 31.5 Å². The maximum absolute atomic E-state index is 12.0. The van der Waals surface area contributed by atoms with Crippen molar-refractivity contribution >= 4 is 5.97 Å². The molecular formula is C17H25NO3. The predicted molar refractivity (Wildman–Crippen MR) is 82.5 cm³/mol. The van der Waals surface area contributed by atoms with Gasteiger partial charge in [0.1, 0.15) is 12.7 Å². The third-order valence-electron chi connectivity index (χ3n) is 3.53. The fourth-order valence-electron chi connectivity index (χ4n) is 2.51. The van der Waals surface area contributed by atoms with Crippen LogP contribution in [-0.4, -0.2) is 49.8 Å². The topological polar surface area (TPSA) is 38.8 Å². The molecule has 0 spiro atoms. The number of carbonyl (C=O) groups excluding carboxylic acids is 1. The van der Waals surface area contributed by atoms with Crippen molar-refractivity contribution < 1.29 is 14.3 Å². The molecule has 1 atom stereocenters. The van der Waals surface area contributed by atoms with E-state index in [2.05, 4.69) is 18.7 Å². The summed E-state index contributed by atoms with van der Waals surface area (Å²) in [6.45, 7) is 10.3. The summed E-state index contributed by atoms with van der Waals surface area (Å²) in [7, 11) is 0. The molecule has 1 aromatic carbocycles. The highest BCUT2D eigenvalue weighted by Crippen LogP contribution is 2.10. The lowest BCUT2D eigenvalue weighted by Crippen LogP contribution is -2.45. The van der Waals surface area contributed by atoms with E-state index in [1.54, 1.807) is 12.1 Å². The summed E-state index contributed by atoms with van der Waals surface area (Å²) in [5, 5.41) is 0. The van der Waals surface area contributed by atoms with Crippen LogP contribution >= 0.6 is 0 Å². The zero-order valence-electron chi connectivity index (χ0n) is 13.2. The number of benzene rings is 1. The summed E-state index contributed by atoms with van der Waals surface area (Å²) in [6, 6.07) is 7.42. The normalized spacial score (nSPS) is 19.7. The molecule has 21 heavy (non-hydrogen) atoms. The number of rotatable bonds is 5. The van der Waals surface area contributed by atoms with E-state index in [0.717, 1.165) is 25.2 Å². The highest BCUT2D eigenvalue weighted by atomic mass is 16.6. The van der Waals surface area contributed by atoms with Gasteiger partial charge >= 0.3 is 5.97 Å². The van der Waals surface area contributed by atoms with Crippen molar-refractivity contribution in [3.63, 3.8) is 0 Å². The van der Waals surface area contributed by atoms with Gasteiger partial charge in [0, 0.05) is 19.6 Å². The van der Waals surface area contributed by atoms with Gasteiger partial charge < -0.3 is 9.47 Å². The Labute approximate surface area is 127 Å².